The van der Waals surface area contributed by atoms with Crippen LogP contribution >= 0.6 is 0 Å². The zero-order valence-electron chi connectivity index (χ0n) is 9.46. The van der Waals surface area contributed by atoms with Crippen molar-refractivity contribution in [3.63, 3.8) is 0 Å². The van der Waals surface area contributed by atoms with Gasteiger partial charge in [0, 0.05) is 11.4 Å². The summed E-state index contributed by atoms with van der Waals surface area (Å²) >= 11 is 0. The summed E-state index contributed by atoms with van der Waals surface area (Å²) in [5.74, 6) is 0. The quantitative estimate of drug-likeness (QED) is 0.575. The average Bonchev–Trinajstić information content (AvgIpc) is 2.26. The Kier molecular flexibility index (Phi) is 2.11. The summed E-state index contributed by atoms with van der Waals surface area (Å²) in [6.45, 7) is 4.27. The highest BCUT2D eigenvalue weighted by Gasteiger charge is 2.15. The molecule has 1 aliphatic rings. The lowest BCUT2D eigenvalue weighted by atomic mass is 10.2. The number of anilines is 2. The normalized spacial score (nSPS) is 12.6. The van der Waals surface area contributed by atoms with E-state index in [1.807, 2.05) is 0 Å². The molecule has 2 aromatic carbocycles. The first kappa shape index (κ1) is 9.67. The van der Waals surface area contributed by atoms with E-state index in [0.29, 0.717) is 0 Å². The van der Waals surface area contributed by atoms with E-state index in [4.69, 9.17) is 0 Å². The van der Waals surface area contributed by atoms with Gasteiger partial charge < -0.3 is 5.32 Å². The Morgan fingerprint density at radius 3 is 1.81 bits per heavy atom. The second-order valence-corrected chi connectivity index (χ2v) is 5.68. The summed E-state index contributed by atoms with van der Waals surface area (Å²) in [5.41, 5.74) is 5.17. The van der Waals surface area contributed by atoms with Gasteiger partial charge in [-0.2, -0.15) is 0 Å². The van der Waals surface area contributed by atoms with Crippen LogP contribution in [0.1, 0.15) is 11.1 Å². The van der Waals surface area contributed by atoms with Crippen LogP contribution in [0, 0.1) is 13.8 Å². The summed E-state index contributed by atoms with van der Waals surface area (Å²) in [6.07, 6.45) is 0. The smallest absolute Gasteiger partial charge is 0.127 e. The van der Waals surface area contributed by atoms with Crippen LogP contribution in [0.3, 0.4) is 0 Å². The molecular weight excluding hydrogens is 210 g/mol. The number of hydrogen-bond donors (Lipinski definition) is 1. The maximum absolute atomic E-state index is 3.53. The van der Waals surface area contributed by atoms with Crippen molar-refractivity contribution in [2.24, 2.45) is 0 Å². The molecule has 0 saturated carbocycles. The largest absolute Gasteiger partial charge is 0.356 e. The van der Waals surface area contributed by atoms with E-state index >= 15 is 0 Å². The molecule has 1 heterocycles. The van der Waals surface area contributed by atoms with Crippen molar-refractivity contribution >= 4 is 31.3 Å². The zero-order valence-corrected chi connectivity index (χ0v) is 10.5. The molecule has 2 aromatic rings. The minimum atomic E-state index is 0.774. The van der Waals surface area contributed by atoms with Gasteiger partial charge in [0.2, 0.25) is 0 Å². The van der Waals surface area contributed by atoms with Crippen LogP contribution in [0.2, 0.25) is 0 Å². The van der Waals surface area contributed by atoms with Crippen molar-refractivity contribution in [3.8, 4) is 0 Å². The van der Waals surface area contributed by atoms with E-state index in [2.05, 4.69) is 55.6 Å². The first-order valence-corrected chi connectivity index (χ1v) is 6.48. The van der Waals surface area contributed by atoms with Crippen molar-refractivity contribution in [2.45, 2.75) is 13.8 Å². The molecule has 78 valence electrons. The molecule has 0 aliphatic carbocycles. The molecule has 0 aromatic heterocycles. The van der Waals surface area contributed by atoms with Crippen LogP contribution in [-0.2, 0) is 0 Å². The molecule has 1 aliphatic heterocycles. The zero-order chi connectivity index (χ0) is 11.1. The number of benzene rings is 2. The number of fused-ring (bicyclic) bond motifs is 2. The first-order valence-electron chi connectivity index (χ1n) is 5.48. The summed E-state index contributed by atoms with van der Waals surface area (Å²) in [7, 11) is 0.774. The number of hydrogen-bond acceptors (Lipinski definition) is 1. The monoisotopic (exact) mass is 223 g/mol. The second kappa shape index (κ2) is 3.49. The number of rotatable bonds is 0. The van der Waals surface area contributed by atoms with Crippen molar-refractivity contribution in [3.05, 3.63) is 47.5 Å². The molecule has 0 fully saturated rings. The fraction of sp³-hybridized carbons (Fsp3) is 0.143. The number of aryl methyl sites for hydroxylation is 2. The standard InChI is InChI=1S/C14H13NSi/c1-9-3-5-13-11(7-9)15-12-8-10(2)4-6-14(12)16-13/h3-8,15H,1-2H3. The molecule has 2 heteroatoms. The van der Waals surface area contributed by atoms with E-state index in [9.17, 15) is 0 Å². The van der Waals surface area contributed by atoms with Crippen molar-refractivity contribution in [1.29, 1.82) is 0 Å². The molecule has 16 heavy (non-hydrogen) atoms. The summed E-state index contributed by atoms with van der Waals surface area (Å²) < 4.78 is 0. The molecule has 0 atom stereocenters. The third kappa shape index (κ3) is 1.55. The van der Waals surface area contributed by atoms with Gasteiger partial charge in [-0.3, -0.25) is 0 Å². The van der Waals surface area contributed by atoms with Gasteiger partial charge in [0.25, 0.3) is 0 Å². The van der Waals surface area contributed by atoms with E-state index in [1.54, 1.807) is 0 Å². The molecule has 0 unspecified atom stereocenters. The van der Waals surface area contributed by atoms with Crippen molar-refractivity contribution < 1.29 is 0 Å². The van der Waals surface area contributed by atoms with Crippen LogP contribution in [-0.4, -0.2) is 9.52 Å². The lowest BCUT2D eigenvalue weighted by Crippen LogP contribution is -2.35. The number of nitrogens with one attached hydrogen (secondary N) is 1. The van der Waals surface area contributed by atoms with Gasteiger partial charge in [-0.1, -0.05) is 24.3 Å². The maximum atomic E-state index is 3.53. The molecular formula is C14H13NSi. The minimum absolute atomic E-state index is 0.774. The summed E-state index contributed by atoms with van der Waals surface area (Å²) in [6, 6.07) is 13.3. The van der Waals surface area contributed by atoms with E-state index < -0.39 is 0 Å². The van der Waals surface area contributed by atoms with E-state index in [0.717, 1.165) is 9.52 Å². The molecule has 1 N–H and O–H groups in total. The molecule has 0 spiro atoms. The topological polar surface area (TPSA) is 12.0 Å². The van der Waals surface area contributed by atoms with Gasteiger partial charge in [0.05, 0.1) is 0 Å². The van der Waals surface area contributed by atoms with Crippen LogP contribution in [0.4, 0.5) is 11.4 Å². The summed E-state index contributed by atoms with van der Waals surface area (Å²) in [4.78, 5) is 0. The Labute approximate surface area is 98.3 Å². The van der Waals surface area contributed by atoms with Crippen molar-refractivity contribution in [1.82, 2.24) is 0 Å². The van der Waals surface area contributed by atoms with Gasteiger partial charge in [-0.25, -0.2) is 0 Å². The van der Waals surface area contributed by atoms with Crippen molar-refractivity contribution in [2.75, 3.05) is 5.32 Å². The highest BCUT2D eigenvalue weighted by atomic mass is 28.2. The Hall–Kier alpha value is -1.54. The predicted octanol–water partition coefficient (Wildman–Crippen LogP) is 2.02. The fourth-order valence-corrected chi connectivity index (χ4v) is 3.19. The second-order valence-electron chi connectivity index (χ2n) is 4.35. The Morgan fingerprint density at radius 2 is 1.31 bits per heavy atom. The average molecular weight is 223 g/mol. The SMILES string of the molecule is Cc1ccc2c(c1)Nc1cc(C)ccc1[Si]2. The lowest BCUT2D eigenvalue weighted by molar-refractivity contribution is 1.44. The third-order valence-corrected chi connectivity index (χ3v) is 4.30. The Balaban J connectivity index is 2.10. The highest BCUT2D eigenvalue weighted by molar-refractivity contribution is 6.71. The summed E-state index contributed by atoms with van der Waals surface area (Å²) in [5, 5.41) is 6.37. The molecule has 0 bridgehead atoms. The first-order chi connectivity index (χ1) is 7.72. The van der Waals surface area contributed by atoms with Gasteiger partial charge in [-0.15, -0.1) is 0 Å². The minimum Gasteiger partial charge on any atom is -0.356 e. The van der Waals surface area contributed by atoms with Crippen LogP contribution in [0.5, 0.6) is 0 Å². The molecule has 1 nitrogen and oxygen atoms in total. The highest BCUT2D eigenvalue weighted by Crippen LogP contribution is 2.19. The molecule has 0 amide bonds. The molecule has 3 rings (SSSR count). The van der Waals surface area contributed by atoms with Crippen LogP contribution in [0.25, 0.3) is 0 Å². The maximum Gasteiger partial charge on any atom is 0.127 e. The molecule has 2 radical (unpaired) electrons. The Morgan fingerprint density at radius 1 is 0.812 bits per heavy atom. The Bertz CT molecular complexity index is 511. The van der Waals surface area contributed by atoms with Gasteiger partial charge >= 0.3 is 0 Å². The third-order valence-electron chi connectivity index (χ3n) is 2.89. The molecule has 0 saturated heterocycles. The predicted molar refractivity (Wildman–Crippen MR) is 70.7 cm³/mol. The van der Waals surface area contributed by atoms with Gasteiger partial charge in [-0.05, 0) is 47.5 Å². The lowest BCUT2D eigenvalue weighted by Gasteiger charge is -2.21. The fourth-order valence-electron chi connectivity index (χ4n) is 2.03. The van der Waals surface area contributed by atoms with E-state index in [-0.39, 0.29) is 0 Å². The van der Waals surface area contributed by atoms with Gasteiger partial charge in [0.1, 0.15) is 9.52 Å². The van der Waals surface area contributed by atoms with Crippen LogP contribution in [0.15, 0.2) is 36.4 Å². The van der Waals surface area contributed by atoms with Crippen LogP contribution < -0.4 is 15.7 Å². The van der Waals surface area contributed by atoms with E-state index in [1.165, 1.54) is 32.9 Å². The van der Waals surface area contributed by atoms with Gasteiger partial charge in [0.15, 0.2) is 0 Å².